The SMILES string of the molecule is C=C(C)C(=O)OCC.[2H]OC(=O)C(=C)C. The summed E-state index contributed by atoms with van der Waals surface area (Å²) in [6, 6.07) is 0. The molecule has 0 unspecified atom stereocenters. The monoisotopic (exact) mass is 201 g/mol. The van der Waals surface area contributed by atoms with Crippen LogP contribution in [0.25, 0.3) is 1.43 Å². The summed E-state index contributed by atoms with van der Waals surface area (Å²) in [6.45, 7) is 11.9. The summed E-state index contributed by atoms with van der Waals surface area (Å²) in [7, 11) is 0. The summed E-state index contributed by atoms with van der Waals surface area (Å²) in [4.78, 5) is 20.4. The molecule has 4 nitrogen and oxygen atoms in total. The fourth-order valence-electron chi connectivity index (χ4n) is 0.254. The largest absolute Gasteiger partial charge is 0.478 e. The number of ether oxygens (including phenoxy) is 1. The van der Waals surface area contributed by atoms with Crippen LogP contribution in [0, 0.1) is 0 Å². The van der Waals surface area contributed by atoms with Gasteiger partial charge in [0.15, 0.2) is 0 Å². The van der Waals surface area contributed by atoms with Gasteiger partial charge in [0.25, 0.3) is 1.43 Å². The smallest absolute Gasteiger partial charge is 0.333 e. The summed E-state index contributed by atoms with van der Waals surface area (Å²) in [5.74, 6) is -0.993. The van der Waals surface area contributed by atoms with Gasteiger partial charge in [-0.1, -0.05) is 13.2 Å². The van der Waals surface area contributed by atoms with Crippen molar-refractivity contribution in [3.05, 3.63) is 24.3 Å². The van der Waals surface area contributed by atoms with Crippen LogP contribution >= 0.6 is 0 Å². The van der Waals surface area contributed by atoms with Gasteiger partial charge in [0, 0.05) is 11.1 Å². The van der Waals surface area contributed by atoms with Crippen LogP contribution in [0.4, 0.5) is 0 Å². The Hall–Kier alpha value is -1.58. The van der Waals surface area contributed by atoms with Gasteiger partial charge < -0.3 is 9.85 Å². The molecule has 0 bridgehead atoms. The maximum Gasteiger partial charge on any atom is 0.333 e. The lowest BCUT2D eigenvalue weighted by Gasteiger charge is -1.96. The summed E-state index contributed by atoms with van der Waals surface area (Å²) in [5.41, 5.74) is 0.696. The van der Waals surface area contributed by atoms with E-state index < -0.39 is 5.97 Å². The lowest BCUT2D eigenvalue weighted by Crippen LogP contribution is -2.03. The number of hydrogen-bond donors (Lipinski definition) is 1. The van der Waals surface area contributed by atoms with Crippen molar-refractivity contribution in [2.24, 2.45) is 0 Å². The van der Waals surface area contributed by atoms with E-state index in [2.05, 4.69) is 23.0 Å². The van der Waals surface area contributed by atoms with E-state index in [1.807, 2.05) is 0 Å². The van der Waals surface area contributed by atoms with Gasteiger partial charge in [0.2, 0.25) is 0 Å². The molecule has 0 heterocycles. The number of carbonyl (C=O) groups is 2. The van der Waals surface area contributed by atoms with E-state index in [1.54, 1.807) is 13.8 Å². The van der Waals surface area contributed by atoms with Crippen LogP contribution in [-0.2, 0) is 14.3 Å². The summed E-state index contributed by atoms with van der Waals surface area (Å²) < 4.78 is 10.6. The predicted molar refractivity (Wildman–Crippen MR) is 53.9 cm³/mol. The third-order valence-corrected chi connectivity index (χ3v) is 0.972. The zero-order valence-electron chi connectivity index (χ0n) is 9.75. The van der Waals surface area contributed by atoms with Gasteiger partial charge in [-0.3, -0.25) is 0 Å². The van der Waals surface area contributed by atoms with Crippen LogP contribution in [0.1, 0.15) is 20.8 Å². The quantitative estimate of drug-likeness (QED) is 0.558. The molecule has 0 aliphatic heterocycles. The molecule has 0 fully saturated rings. The Morgan fingerprint density at radius 1 is 1.36 bits per heavy atom. The zero-order valence-corrected chi connectivity index (χ0v) is 8.75. The minimum atomic E-state index is -0.681. The summed E-state index contributed by atoms with van der Waals surface area (Å²) >= 11 is 0. The van der Waals surface area contributed by atoms with Gasteiger partial charge >= 0.3 is 11.9 Å². The number of rotatable bonds is 3. The molecule has 4 heteroatoms. The molecule has 0 atom stereocenters. The van der Waals surface area contributed by atoms with Crippen molar-refractivity contribution in [2.75, 3.05) is 6.61 Å². The molecule has 0 saturated heterocycles. The van der Waals surface area contributed by atoms with Gasteiger partial charge in [-0.25, -0.2) is 9.59 Å². The number of hydrogen-bond acceptors (Lipinski definition) is 4. The van der Waals surface area contributed by atoms with Crippen molar-refractivity contribution in [2.45, 2.75) is 20.8 Å². The number of esters is 1. The minimum Gasteiger partial charge on any atom is -0.478 e. The average Bonchev–Trinajstić information content (AvgIpc) is 2.17. The van der Waals surface area contributed by atoms with Crippen molar-refractivity contribution in [1.29, 1.82) is 1.43 Å². The maximum atomic E-state index is 10.4. The van der Waals surface area contributed by atoms with E-state index in [1.165, 1.54) is 6.92 Å². The van der Waals surface area contributed by atoms with Crippen LogP contribution in [0.5, 0.6) is 0 Å². The molecule has 0 aromatic rings. The second kappa shape index (κ2) is 8.04. The summed E-state index contributed by atoms with van der Waals surface area (Å²) in [5, 5.41) is 3.52. The van der Waals surface area contributed by atoms with Gasteiger partial charge in [-0.05, 0) is 20.8 Å². The molecular weight excluding hydrogens is 184 g/mol. The lowest BCUT2D eigenvalue weighted by atomic mass is 10.4. The van der Waals surface area contributed by atoms with Crippen molar-refractivity contribution >= 4 is 11.9 Å². The highest BCUT2D eigenvalue weighted by Crippen LogP contribution is 1.89. The fourth-order valence-corrected chi connectivity index (χ4v) is 0.254. The van der Waals surface area contributed by atoms with Crippen molar-refractivity contribution in [1.82, 2.24) is 0 Å². The highest BCUT2D eigenvalue weighted by Gasteiger charge is 1.98. The van der Waals surface area contributed by atoms with Crippen LogP contribution in [0.15, 0.2) is 24.3 Å². The van der Waals surface area contributed by atoms with Crippen molar-refractivity contribution in [3.63, 3.8) is 0 Å². The highest BCUT2D eigenvalue weighted by atomic mass is 16.5. The second-order valence-electron chi connectivity index (χ2n) is 2.57. The van der Waals surface area contributed by atoms with Crippen LogP contribution < -0.4 is 0 Å². The lowest BCUT2D eigenvalue weighted by molar-refractivity contribution is -0.138. The van der Waals surface area contributed by atoms with Gasteiger partial charge in [0.1, 0.15) is 0 Å². The standard InChI is InChI=1S/C6H10O2.C4H6O2/c1-4-8-6(7)5(2)3;1-3(2)4(5)6/h2,4H2,1,3H3;1H2,2H3,(H,5,6)/i/hD. The van der Waals surface area contributed by atoms with Crippen molar-refractivity contribution < 1.29 is 19.4 Å². The number of aliphatic carboxylic acids is 1. The Kier molecular flexibility index (Phi) is 7.13. The Morgan fingerprint density at radius 2 is 1.86 bits per heavy atom. The van der Waals surface area contributed by atoms with E-state index in [-0.39, 0.29) is 11.5 Å². The Balaban J connectivity index is 0. The zero-order chi connectivity index (χ0) is 12.4. The Bertz CT molecular complexity index is 258. The molecule has 0 aromatic heterocycles. The number of carboxylic acids is 1. The van der Waals surface area contributed by atoms with Crippen LogP contribution in [-0.4, -0.2) is 23.7 Å². The first-order valence-electron chi connectivity index (χ1n) is 4.43. The first-order valence-corrected chi connectivity index (χ1v) is 4.02. The first kappa shape index (κ1) is 12.4. The maximum absolute atomic E-state index is 10.4. The first-order chi connectivity index (χ1) is 6.86. The molecule has 0 amide bonds. The molecule has 0 rings (SSSR count). The molecule has 0 radical (unpaired) electrons. The Labute approximate surface area is 85.4 Å². The van der Waals surface area contributed by atoms with E-state index in [0.717, 1.165) is 0 Å². The van der Waals surface area contributed by atoms with Crippen molar-refractivity contribution in [3.8, 4) is 0 Å². The minimum absolute atomic E-state index is 0.245. The number of carboxylic acid groups (broad SMARTS) is 1. The average molecular weight is 201 g/mol. The fraction of sp³-hybridized carbons (Fsp3) is 0.400. The third-order valence-electron chi connectivity index (χ3n) is 0.972. The molecular formula is C10H16O4. The highest BCUT2D eigenvalue weighted by molar-refractivity contribution is 5.86. The normalized spacial score (nSPS) is 8.64. The molecule has 80 valence electrons. The van der Waals surface area contributed by atoms with E-state index in [4.69, 9.17) is 1.43 Å². The molecule has 0 saturated carbocycles. The van der Waals surface area contributed by atoms with Gasteiger partial charge in [-0.2, -0.15) is 0 Å². The van der Waals surface area contributed by atoms with Gasteiger partial charge in [-0.15, -0.1) is 0 Å². The molecule has 0 aliphatic carbocycles. The van der Waals surface area contributed by atoms with Gasteiger partial charge in [0.05, 0.1) is 6.61 Å². The van der Waals surface area contributed by atoms with E-state index >= 15 is 0 Å². The topological polar surface area (TPSA) is 63.6 Å². The predicted octanol–water partition coefficient (Wildman–Crippen LogP) is 1.77. The molecule has 0 spiro atoms. The molecule has 14 heavy (non-hydrogen) atoms. The van der Waals surface area contributed by atoms with Crippen LogP contribution in [0.3, 0.4) is 0 Å². The molecule has 0 aromatic carbocycles. The molecule has 1 N–H and O–H groups in total. The summed E-state index contributed by atoms with van der Waals surface area (Å²) in [6.07, 6.45) is 0. The van der Waals surface area contributed by atoms with Crippen LogP contribution in [0.2, 0.25) is 0 Å². The number of carbonyl (C=O) groups excluding carboxylic acids is 1. The van der Waals surface area contributed by atoms with E-state index in [9.17, 15) is 9.59 Å². The Morgan fingerprint density at radius 3 is 1.93 bits per heavy atom. The van der Waals surface area contributed by atoms with E-state index in [0.29, 0.717) is 12.2 Å². The second-order valence-corrected chi connectivity index (χ2v) is 2.57. The third kappa shape index (κ3) is 10.4. The molecule has 0 aliphatic rings.